The minimum absolute atomic E-state index is 0.177. The van der Waals surface area contributed by atoms with Crippen molar-refractivity contribution in [1.29, 1.82) is 0 Å². The molecule has 1 aliphatic heterocycles. The van der Waals surface area contributed by atoms with Crippen LogP contribution in [-0.2, 0) is 5.41 Å². The molecular weight excluding hydrogens is 623 g/mol. The van der Waals surface area contributed by atoms with Gasteiger partial charge in [-0.15, -0.1) is 11.8 Å². The summed E-state index contributed by atoms with van der Waals surface area (Å²) in [5.74, 6) is 3.27. The molecule has 50 heavy (non-hydrogen) atoms. The monoisotopic (exact) mass is 675 g/mol. The largest absolute Gasteiger partial charge is 0.361 e. The molecule has 1 nitrogen and oxygen atoms in total. The van der Waals surface area contributed by atoms with Crippen molar-refractivity contribution in [3.63, 3.8) is 0 Å². The van der Waals surface area contributed by atoms with E-state index in [4.69, 9.17) is 0 Å². The number of fused-ring (bicyclic) bond motifs is 6. The van der Waals surface area contributed by atoms with Crippen LogP contribution in [0.2, 0.25) is 0 Å². The minimum Gasteiger partial charge on any atom is -0.361 e. The van der Waals surface area contributed by atoms with Crippen molar-refractivity contribution in [3.8, 4) is 0 Å². The van der Waals surface area contributed by atoms with Gasteiger partial charge < -0.3 is 4.90 Å². The molecule has 0 aromatic heterocycles. The smallest absolute Gasteiger partial charge is 0.0664 e. The fraction of sp³-hybridized carbons (Fsp3) is 0.458. The third kappa shape index (κ3) is 4.87. The first-order chi connectivity index (χ1) is 24.7. The Hall–Kier alpha value is -3.23. The molecule has 10 rings (SSSR count). The highest BCUT2D eigenvalue weighted by atomic mass is 32.2. The van der Waals surface area contributed by atoms with Crippen molar-refractivity contribution in [2.24, 2.45) is 23.7 Å². The highest BCUT2D eigenvalue weighted by Crippen LogP contribution is 2.63. The molecule has 7 aliphatic carbocycles. The van der Waals surface area contributed by atoms with Crippen molar-refractivity contribution < 1.29 is 0 Å². The van der Waals surface area contributed by atoms with E-state index in [1.165, 1.54) is 104 Å². The molecule has 0 N–H and O–H groups in total. The summed E-state index contributed by atoms with van der Waals surface area (Å²) in [7, 11) is 0. The first-order valence-corrected chi connectivity index (χ1v) is 21.1. The molecule has 1 saturated carbocycles. The highest BCUT2D eigenvalue weighted by molar-refractivity contribution is 8.00. The third-order valence-electron chi connectivity index (χ3n) is 14.1. The van der Waals surface area contributed by atoms with E-state index in [1.54, 1.807) is 16.7 Å². The number of nitrogens with zero attached hydrogens (tertiary/aromatic N) is 1. The van der Waals surface area contributed by atoms with Crippen molar-refractivity contribution in [2.45, 2.75) is 118 Å². The van der Waals surface area contributed by atoms with Gasteiger partial charge in [0.15, 0.2) is 0 Å². The van der Waals surface area contributed by atoms with Crippen LogP contribution in [0, 0.1) is 23.7 Å². The number of hydrogen-bond donors (Lipinski definition) is 0. The fourth-order valence-corrected chi connectivity index (χ4v) is 13.4. The van der Waals surface area contributed by atoms with E-state index in [0.717, 1.165) is 11.8 Å². The molecule has 0 bridgehead atoms. The van der Waals surface area contributed by atoms with Gasteiger partial charge in [0.1, 0.15) is 0 Å². The summed E-state index contributed by atoms with van der Waals surface area (Å²) in [5.41, 5.74) is 10.8. The maximum atomic E-state index is 2.91. The lowest BCUT2D eigenvalue weighted by molar-refractivity contribution is 0.217. The van der Waals surface area contributed by atoms with Gasteiger partial charge in [-0.1, -0.05) is 122 Å². The van der Waals surface area contributed by atoms with E-state index in [9.17, 15) is 0 Å². The van der Waals surface area contributed by atoms with Gasteiger partial charge in [0, 0.05) is 39.8 Å². The van der Waals surface area contributed by atoms with Gasteiger partial charge in [0.2, 0.25) is 0 Å². The normalized spacial score (nSPS) is 36.6. The van der Waals surface area contributed by atoms with E-state index >= 15 is 0 Å². The van der Waals surface area contributed by atoms with E-state index in [0.29, 0.717) is 35.1 Å². The second-order valence-corrected chi connectivity index (χ2v) is 17.9. The summed E-state index contributed by atoms with van der Waals surface area (Å²) in [6, 6.07) is 20.4. The molecule has 256 valence electrons. The summed E-state index contributed by atoms with van der Waals surface area (Å²) in [5, 5.41) is 0.432. The van der Waals surface area contributed by atoms with Crippen LogP contribution < -0.4 is 4.90 Å². The molecule has 2 aromatic rings. The van der Waals surface area contributed by atoms with Crippen LogP contribution in [0.5, 0.6) is 0 Å². The number of benzene rings is 2. The zero-order chi connectivity index (χ0) is 33.2. The molecule has 0 radical (unpaired) electrons. The summed E-state index contributed by atoms with van der Waals surface area (Å²) in [6.45, 7) is 2.52. The number of allylic oxidation sites excluding steroid dienone is 11. The number of rotatable bonds is 5. The van der Waals surface area contributed by atoms with Gasteiger partial charge >= 0.3 is 0 Å². The minimum atomic E-state index is -0.177. The fourth-order valence-electron chi connectivity index (χ4n) is 12.0. The van der Waals surface area contributed by atoms with Crippen LogP contribution in [0.3, 0.4) is 0 Å². The van der Waals surface area contributed by atoms with Crippen LogP contribution in [0.25, 0.3) is 0 Å². The summed E-state index contributed by atoms with van der Waals surface area (Å²) in [4.78, 5) is 4.42. The van der Waals surface area contributed by atoms with E-state index in [-0.39, 0.29) is 5.41 Å². The zero-order valence-electron chi connectivity index (χ0n) is 29.9. The number of anilines is 1. The molecular formula is C48H53NS. The zero-order valence-corrected chi connectivity index (χ0v) is 30.7. The second-order valence-electron chi connectivity index (χ2n) is 16.7. The topological polar surface area (TPSA) is 3.24 Å². The second kappa shape index (κ2) is 12.8. The van der Waals surface area contributed by atoms with Crippen molar-refractivity contribution in [1.82, 2.24) is 0 Å². The standard InChI is InChI=1S/C48H53NS/c1-32-14-12-24-43-47(32)41-22-10-11-23-42(41)48(43,34-17-4-2-5-18-34)35-26-28-39-40-29-27-37(31-46(40)50-45(39)30-35)49(36-19-6-3-7-20-36)44-25-13-16-33-15-8-9-21-38(33)44/h2,4-6,11,13,16-19,23-24,26-33,36,38-39,44-45,47H,3,7-10,12,14-15,20-22,25H2,1H3/t32?,33?,36?,38?,39?,44?,45-,47?,48?/m1/s1. The average molecular weight is 676 g/mol. The van der Waals surface area contributed by atoms with Crippen molar-refractivity contribution in [3.05, 3.63) is 143 Å². The van der Waals surface area contributed by atoms with Crippen LogP contribution in [-0.4, -0.2) is 17.3 Å². The molecule has 1 heterocycles. The van der Waals surface area contributed by atoms with E-state index in [2.05, 4.69) is 133 Å². The number of hydrogen-bond acceptors (Lipinski definition) is 2. The van der Waals surface area contributed by atoms with Gasteiger partial charge in [-0.2, -0.15) is 0 Å². The Morgan fingerprint density at radius 1 is 0.820 bits per heavy atom. The van der Waals surface area contributed by atoms with E-state index in [1.807, 2.05) is 0 Å². The van der Waals surface area contributed by atoms with Gasteiger partial charge in [-0.05, 0) is 122 Å². The Bertz CT molecular complexity index is 1870. The molecule has 1 fully saturated rings. The van der Waals surface area contributed by atoms with Gasteiger partial charge in [0.05, 0.1) is 5.41 Å². The first kappa shape index (κ1) is 31.5. The van der Waals surface area contributed by atoms with Crippen LogP contribution in [0.4, 0.5) is 5.69 Å². The van der Waals surface area contributed by atoms with Crippen molar-refractivity contribution in [2.75, 3.05) is 4.90 Å². The molecule has 8 aliphatic rings. The molecule has 2 aromatic carbocycles. The predicted octanol–water partition coefficient (Wildman–Crippen LogP) is 12.4. The van der Waals surface area contributed by atoms with Crippen molar-refractivity contribution >= 4 is 17.4 Å². The Morgan fingerprint density at radius 3 is 2.64 bits per heavy atom. The maximum Gasteiger partial charge on any atom is 0.0664 e. The Morgan fingerprint density at radius 2 is 1.74 bits per heavy atom. The Labute approximate surface area is 305 Å². The lowest BCUT2D eigenvalue weighted by Crippen LogP contribution is -2.50. The third-order valence-corrected chi connectivity index (χ3v) is 15.4. The van der Waals surface area contributed by atoms with E-state index < -0.39 is 0 Å². The summed E-state index contributed by atoms with van der Waals surface area (Å²) < 4.78 is 0. The van der Waals surface area contributed by atoms with Gasteiger partial charge in [-0.25, -0.2) is 0 Å². The molecule has 0 spiro atoms. The SMILES string of the molecule is CC1CCC=C2C1C1=C(C=CCC1)C2(C1=C[C@H]2Sc3cc(N(C4C=CCCC4)C4CC=CC5CCCCC54)ccc3C2C=C1)c1ccccc1. The van der Waals surface area contributed by atoms with Gasteiger partial charge in [-0.3, -0.25) is 0 Å². The lowest BCUT2D eigenvalue weighted by Gasteiger charge is -2.48. The van der Waals surface area contributed by atoms with Crippen LogP contribution in [0.15, 0.2) is 136 Å². The Kier molecular flexibility index (Phi) is 8.04. The average Bonchev–Trinajstić information content (AvgIpc) is 3.69. The first-order valence-electron chi connectivity index (χ1n) is 20.2. The van der Waals surface area contributed by atoms with Gasteiger partial charge in [0.25, 0.3) is 0 Å². The van der Waals surface area contributed by atoms with Crippen LogP contribution in [0.1, 0.15) is 101 Å². The predicted molar refractivity (Wildman–Crippen MR) is 212 cm³/mol. The summed E-state index contributed by atoms with van der Waals surface area (Å²) in [6.07, 6.45) is 41.2. The lowest BCUT2D eigenvalue weighted by atomic mass is 9.61. The highest BCUT2D eigenvalue weighted by Gasteiger charge is 2.54. The Balaban J connectivity index is 1.04. The molecule has 2 heteroatoms. The number of thioether (sulfide) groups is 1. The van der Waals surface area contributed by atoms with Crippen LogP contribution >= 0.6 is 11.8 Å². The molecule has 0 amide bonds. The summed E-state index contributed by atoms with van der Waals surface area (Å²) >= 11 is 2.14. The molecule has 8 unspecified atom stereocenters. The molecule has 0 saturated heterocycles. The molecule has 9 atom stereocenters. The maximum absolute atomic E-state index is 2.91. The quantitative estimate of drug-likeness (QED) is 0.290.